The number of hydrogen-bond acceptors (Lipinski definition) is 4. The van der Waals surface area contributed by atoms with Gasteiger partial charge in [0.25, 0.3) is 0 Å². The van der Waals surface area contributed by atoms with E-state index in [9.17, 15) is 14.0 Å². The van der Waals surface area contributed by atoms with Gasteiger partial charge in [0.1, 0.15) is 11.6 Å². The van der Waals surface area contributed by atoms with Gasteiger partial charge in [-0.05, 0) is 24.1 Å². The van der Waals surface area contributed by atoms with Crippen LogP contribution in [0.25, 0.3) is 0 Å². The maximum atomic E-state index is 13.4. The molecule has 0 aromatic heterocycles. The SMILES string of the molecule is CC(C)[C@H](N)C(=O)NCC(=O)NC1CCOc2ccc(F)cc21. The minimum Gasteiger partial charge on any atom is -0.493 e. The molecule has 0 spiro atoms. The summed E-state index contributed by atoms with van der Waals surface area (Å²) in [5.41, 5.74) is 6.31. The molecule has 0 radical (unpaired) electrons. The lowest BCUT2D eigenvalue weighted by Crippen LogP contribution is -2.47. The summed E-state index contributed by atoms with van der Waals surface area (Å²) in [5, 5.41) is 5.29. The van der Waals surface area contributed by atoms with Gasteiger partial charge in [0.05, 0.1) is 25.2 Å². The van der Waals surface area contributed by atoms with Crippen molar-refractivity contribution in [3.05, 3.63) is 29.6 Å². The zero-order chi connectivity index (χ0) is 17.0. The molecule has 6 nitrogen and oxygen atoms in total. The van der Waals surface area contributed by atoms with Crippen LogP contribution in [0.5, 0.6) is 5.75 Å². The highest BCUT2D eigenvalue weighted by Gasteiger charge is 2.24. The minimum atomic E-state index is -0.652. The Bertz CT molecular complexity index is 592. The Morgan fingerprint density at radius 3 is 2.87 bits per heavy atom. The quantitative estimate of drug-likeness (QED) is 0.749. The Labute approximate surface area is 134 Å². The van der Waals surface area contributed by atoms with Crippen LogP contribution < -0.4 is 21.1 Å². The molecule has 23 heavy (non-hydrogen) atoms. The lowest BCUT2D eigenvalue weighted by Gasteiger charge is -2.27. The molecule has 4 N–H and O–H groups in total. The van der Waals surface area contributed by atoms with E-state index < -0.39 is 6.04 Å². The van der Waals surface area contributed by atoms with E-state index in [1.165, 1.54) is 12.1 Å². The van der Waals surface area contributed by atoms with Crippen molar-refractivity contribution in [2.24, 2.45) is 11.7 Å². The molecule has 1 unspecified atom stereocenters. The number of hydrogen-bond donors (Lipinski definition) is 3. The summed E-state index contributed by atoms with van der Waals surface area (Å²) in [4.78, 5) is 23.7. The van der Waals surface area contributed by atoms with Crippen LogP contribution in [-0.2, 0) is 9.59 Å². The highest BCUT2D eigenvalue weighted by atomic mass is 19.1. The van der Waals surface area contributed by atoms with E-state index in [-0.39, 0.29) is 36.1 Å². The number of carbonyl (C=O) groups excluding carboxylic acids is 2. The van der Waals surface area contributed by atoms with Crippen LogP contribution in [0, 0.1) is 11.7 Å². The fraction of sp³-hybridized carbons (Fsp3) is 0.500. The highest BCUT2D eigenvalue weighted by Crippen LogP contribution is 2.32. The van der Waals surface area contributed by atoms with E-state index in [0.717, 1.165) is 0 Å². The van der Waals surface area contributed by atoms with Crippen LogP contribution in [-0.4, -0.2) is 31.0 Å². The Balaban J connectivity index is 1.92. The van der Waals surface area contributed by atoms with Crippen LogP contribution in [0.4, 0.5) is 4.39 Å². The Hall–Kier alpha value is -2.15. The second kappa shape index (κ2) is 7.41. The van der Waals surface area contributed by atoms with Gasteiger partial charge in [-0.2, -0.15) is 0 Å². The lowest BCUT2D eigenvalue weighted by molar-refractivity contribution is -0.127. The molecule has 0 saturated heterocycles. The first-order chi connectivity index (χ1) is 10.9. The second-order valence-electron chi connectivity index (χ2n) is 5.93. The van der Waals surface area contributed by atoms with Crippen molar-refractivity contribution in [2.75, 3.05) is 13.2 Å². The number of amides is 2. The van der Waals surface area contributed by atoms with Crippen molar-refractivity contribution in [1.82, 2.24) is 10.6 Å². The van der Waals surface area contributed by atoms with E-state index >= 15 is 0 Å². The number of halogens is 1. The molecule has 2 amide bonds. The largest absolute Gasteiger partial charge is 0.493 e. The Kier molecular flexibility index (Phi) is 5.54. The van der Waals surface area contributed by atoms with E-state index in [2.05, 4.69) is 10.6 Å². The first-order valence-corrected chi connectivity index (χ1v) is 7.63. The van der Waals surface area contributed by atoms with Crippen LogP contribution in [0.1, 0.15) is 31.9 Å². The predicted octanol–water partition coefficient (Wildman–Crippen LogP) is 0.865. The lowest BCUT2D eigenvalue weighted by atomic mass is 10.0. The summed E-state index contributed by atoms with van der Waals surface area (Å²) in [5.74, 6) is -0.549. The summed E-state index contributed by atoms with van der Waals surface area (Å²) in [6.07, 6.45) is 0.543. The fourth-order valence-electron chi connectivity index (χ4n) is 2.35. The maximum Gasteiger partial charge on any atom is 0.239 e. The summed E-state index contributed by atoms with van der Waals surface area (Å²) >= 11 is 0. The fourth-order valence-corrected chi connectivity index (χ4v) is 2.35. The third-order valence-electron chi connectivity index (χ3n) is 3.79. The first kappa shape index (κ1) is 17.2. The van der Waals surface area contributed by atoms with Gasteiger partial charge < -0.3 is 21.1 Å². The van der Waals surface area contributed by atoms with Gasteiger partial charge in [-0.15, -0.1) is 0 Å². The molecule has 126 valence electrons. The van der Waals surface area contributed by atoms with Gasteiger partial charge in [-0.25, -0.2) is 4.39 Å². The molecular formula is C16H22FN3O3. The standard InChI is InChI=1S/C16H22FN3O3/c1-9(2)15(18)16(22)19-8-14(21)20-12-5-6-23-13-4-3-10(17)7-11(12)13/h3-4,7,9,12,15H,5-6,8,18H2,1-2H3,(H,19,22)(H,20,21)/t12?,15-/m0/s1. The average Bonchev–Trinajstić information content (AvgIpc) is 2.52. The number of carbonyl (C=O) groups is 2. The summed E-state index contributed by atoms with van der Waals surface area (Å²) in [6.45, 7) is 3.94. The van der Waals surface area contributed by atoms with Crippen LogP contribution in [0.2, 0.25) is 0 Å². The molecule has 2 atom stereocenters. The van der Waals surface area contributed by atoms with Gasteiger partial charge in [-0.3, -0.25) is 9.59 Å². The average molecular weight is 323 g/mol. The summed E-state index contributed by atoms with van der Waals surface area (Å²) in [6, 6.07) is 3.23. The maximum absolute atomic E-state index is 13.4. The number of nitrogens with two attached hydrogens (primary N) is 1. The number of fused-ring (bicyclic) bond motifs is 1. The van der Waals surface area contributed by atoms with Crippen molar-refractivity contribution >= 4 is 11.8 Å². The molecule has 2 rings (SSSR count). The van der Waals surface area contributed by atoms with E-state index in [0.29, 0.717) is 24.3 Å². The van der Waals surface area contributed by atoms with Gasteiger partial charge in [0.2, 0.25) is 11.8 Å². The van der Waals surface area contributed by atoms with E-state index in [1.807, 2.05) is 13.8 Å². The zero-order valence-corrected chi connectivity index (χ0v) is 13.3. The minimum absolute atomic E-state index is 0.0107. The number of nitrogens with one attached hydrogen (secondary N) is 2. The van der Waals surface area contributed by atoms with Crippen LogP contribution >= 0.6 is 0 Å². The number of rotatable bonds is 5. The normalized spacial score (nSPS) is 17.9. The predicted molar refractivity (Wildman–Crippen MR) is 83.2 cm³/mol. The van der Waals surface area contributed by atoms with Gasteiger partial charge >= 0.3 is 0 Å². The van der Waals surface area contributed by atoms with E-state index in [1.54, 1.807) is 6.07 Å². The van der Waals surface area contributed by atoms with Crippen molar-refractivity contribution in [1.29, 1.82) is 0 Å². The molecular weight excluding hydrogens is 301 g/mol. The Morgan fingerprint density at radius 1 is 1.43 bits per heavy atom. The molecule has 0 bridgehead atoms. The highest BCUT2D eigenvalue weighted by molar-refractivity contribution is 5.87. The topological polar surface area (TPSA) is 93.5 Å². The van der Waals surface area contributed by atoms with Crippen LogP contribution in [0.15, 0.2) is 18.2 Å². The van der Waals surface area contributed by atoms with Crippen molar-refractivity contribution in [2.45, 2.75) is 32.4 Å². The van der Waals surface area contributed by atoms with Crippen molar-refractivity contribution in [3.63, 3.8) is 0 Å². The smallest absolute Gasteiger partial charge is 0.239 e. The van der Waals surface area contributed by atoms with Gasteiger partial charge in [0, 0.05) is 12.0 Å². The molecule has 1 aliphatic rings. The summed E-state index contributed by atoms with van der Waals surface area (Å²) < 4.78 is 18.8. The molecule has 1 heterocycles. The van der Waals surface area contributed by atoms with Gasteiger partial charge in [0.15, 0.2) is 0 Å². The molecule has 7 heteroatoms. The van der Waals surface area contributed by atoms with E-state index in [4.69, 9.17) is 10.5 Å². The van der Waals surface area contributed by atoms with Gasteiger partial charge in [-0.1, -0.05) is 13.8 Å². The molecule has 1 aromatic carbocycles. The molecule has 0 fully saturated rings. The molecule has 0 aliphatic carbocycles. The number of ether oxygens (including phenoxy) is 1. The number of benzene rings is 1. The third-order valence-corrected chi connectivity index (χ3v) is 3.79. The molecule has 0 saturated carbocycles. The Morgan fingerprint density at radius 2 is 2.17 bits per heavy atom. The first-order valence-electron chi connectivity index (χ1n) is 7.63. The monoisotopic (exact) mass is 323 g/mol. The van der Waals surface area contributed by atoms with Crippen molar-refractivity contribution < 1.29 is 18.7 Å². The molecule has 1 aliphatic heterocycles. The zero-order valence-electron chi connectivity index (χ0n) is 13.3. The second-order valence-corrected chi connectivity index (χ2v) is 5.93. The summed E-state index contributed by atoms with van der Waals surface area (Å²) in [7, 11) is 0. The molecule has 1 aromatic rings. The van der Waals surface area contributed by atoms with Crippen molar-refractivity contribution in [3.8, 4) is 5.75 Å². The van der Waals surface area contributed by atoms with Crippen LogP contribution in [0.3, 0.4) is 0 Å². The third kappa shape index (κ3) is 4.41.